The Labute approximate surface area is 211 Å². The number of hydrogen-bond acceptors (Lipinski definition) is 7. The van der Waals surface area contributed by atoms with Crippen LogP contribution in [0.1, 0.15) is 55.6 Å². The number of ether oxygens (including phenoxy) is 1. The zero-order chi connectivity index (χ0) is 25.5. The summed E-state index contributed by atoms with van der Waals surface area (Å²) in [5, 5.41) is 17.3. The Hall–Kier alpha value is -3.51. The highest BCUT2D eigenvalue weighted by molar-refractivity contribution is 8.00. The summed E-state index contributed by atoms with van der Waals surface area (Å²) in [6.07, 6.45) is 0.239. The molecule has 2 N–H and O–H groups in total. The van der Waals surface area contributed by atoms with Gasteiger partial charge >= 0.3 is 0 Å². The Morgan fingerprint density at radius 2 is 1.83 bits per heavy atom. The van der Waals surface area contributed by atoms with E-state index in [2.05, 4.69) is 42.2 Å². The number of nitriles is 1. The molecule has 1 unspecified atom stereocenters. The molecule has 2 aromatic carbocycles. The number of nitrogens with two attached hydrogens (primary N) is 1. The maximum Gasteiger partial charge on any atom is 0.240 e. The van der Waals surface area contributed by atoms with Crippen molar-refractivity contribution in [1.29, 1.82) is 5.26 Å². The lowest BCUT2D eigenvalue weighted by Crippen LogP contribution is -2.37. The van der Waals surface area contributed by atoms with Gasteiger partial charge in [-0.05, 0) is 56.0 Å². The summed E-state index contributed by atoms with van der Waals surface area (Å²) >= 11 is 1.23. The molecule has 0 aliphatic heterocycles. The molecule has 184 valence electrons. The number of thioether (sulfide) groups is 1. The number of benzene rings is 2. The molecular formula is C26H32N6O2S. The Bertz CT molecular complexity index is 1200. The van der Waals surface area contributed by atoms with Crippen LogP contribution in [0.3, 0.4) is 0 Å². The van der Waals surface area contributed by atoms with E-state index in [4.69, 9.17) is 15.8 Å². The van der Waals surface area contributed by atoms with Crippen LogP contribution in [0.25, 0.3) is 0 Å². The van der Waals surface area contributed by atoms with Crippen LogP contribution in [0.5, 0.6) is 5.75 Å². The van der Waals surface area contributed by atoms with Crippen LogP contribution in [0.2, 0.25) is 0 Å². The van der Waals surface area contributed by atoms with Crippen molar-refractivity contribution in [3.8, 4) is 11.8 Å². The minimum Gasteiger partial charge on any atom is -0.485 e. The Morgan fingerprint density at radius 3 is 2.49 bits per heavy atom. The fourth-order valence-corrected chi connectivity index (χ4v) is 4.40. The van der Waals surface area contributed by atoms with Crippen LogP contribution in [-0.4, -0.2) is 32.6 Å². The highest BCUT2D eigenvalue weighted by atomic mass is 32.2. The molecule has 3 aromatic rings. The molecule has 9 heteroatoms. The third-order valence-corrected chi connectivity index (χ3v) is 6.62. The lowest BCUT2D eigenvalue weighted by Gasteiger charge is -2.25. The molecule has 0 aliphatic rings. The normalized spacial score (nSPS) is 11.8. The van der Waals surface area contributed by atoms with Crippen LogP contribution >= 0.6 is 11.8 Å². The molecule has 0 saturated heterocycles. The molecule has 0 aliphatic carbocycles. The van der Waals surface area contributed by atoms with Gasteiger partial charge in [0.2, 0.25) is 11.1 Å². The average Bonchev–Trinajstić information content (AvgIpc) is 3.17. The zero-order valence-electron chi connectivity index (χ0n) is 20.9. The maximum atomic E-state index is 13.3. The van der Waals surface area contributed by atoms with Crippen LogP contribution in [0.4, 0.5) is 5.69 Å². The van der Waals surface area contributed by atoms with Crippen molar-refractivity contribution >= 4 is 23.4 Å². The van der Waals surface area contributed by atoms with Crippen molar-refractivity contribution in [3.63, 3.8) is 0 Å². The molecule has 8 nitrogen and oxygen atoms in total. The predicted octanol–water partition coefficient (Wildman–Crippen LogP) is 4.74. The monoisotopic (exact) mass is 492 g/mol. The number of carbonyl (C=O) groups is 1. The minimum absolute atomic E-state index is 0.128. The molecule has 0 spiro atoms. The summed E-state index contributed by atoms with van der Waals surface area (Å²) in [5.41, 5.74) is 4.07. The molecule has 0 fully saturated rings. The average molecular weight is 493 g/mol. The molecule has 1 heterocycles. The number of nitrogens with zero attached hydrogens (tertiary/aromatic N) is 5. The fraction of sp³-hybridized carbons (Fsp3) is 0.385. The van der Waals surface area contributed by atoms with E-state index in [1.54, 1.807) is 11.8 Å². The smallest absolute Gasteiger partial charge is 0.240 e. The van der Waals surface area contributed by atoms with Crippen molar-refractivity contribution in [2.45, 2.75) is 64.0 Å². The summed E-state index contributed by atoms with van der Waals surface area (Å²) < 4.78 is 7.41. The van der Waals surface area contributed by atoms with Crippen molar-refractivity contribution in [3.05, 3.63) is 65.0 Å². The number of carbonyl (C=O) groups excluding carboxylic acids is 1. The first kappa shape index (κ1) is 26.1. The number of anilines is 1. The predicted molar refractivity (Wildman–Crippen MR) is 139 cm³/mol. The first-order valence-electron chi connectivity index (χ1n) is 11.6. The highest BCUT2D eigenvalue weighted by Crippen LogP contribution is 2.29. The van der Waals surface area contributed by atoms with Gasteiger partial charge < -0.3 is 15.5 Å². The van der Waals surface area contributed by atoms with Gasteiger partial charge in [0.25, 0.3) is 0 Å². The molecule has 35 heavy (non-hydrogen) atoms. The standard InChI is InChI=1S/C26H32N6O2S/c1-17(2)22-12-9-19(4)15-23(22)34-16-24-29-30-26(32(24)28)35-20(5)25(33)31(14-6-13-27)21-10-7-18(3)8-11-21/h7-12,15,17,20H,6,14,16,28H2,1-5H3. The van der Waals surface area contributed by atoms with E-state index in [-0.39, 0.29) is 18.9 Å². The Balaban J connectivity index is 1.71. The van der Waals surface area contributed by atoms with Gasteiger partial charge in [-0.15, -0.1) is 10.2 Å². The topological polar surface area (TPSA) is 110 Å². The van der Waals surface area contributed by atoms with E-state index in [0.717, 1.165) is 28.1 Å². The maximum absolute atomic E-state index is 13.3. The van der Waals surface area contributed by atoms with Crippen LogP contribution in [-0.2, 0) is 11.4 Å². The van der Waals surface area contributed by atoms with Crippen LogP contribution in [0.15, 0.2) is 47.6 Å². The van der Waals surface area contributed by atoms with Gasteiger partial charge in [0.15, 0.2) is 5.82 Å². The summed E-state index contributed by atoms with van der Waals surface area (Å²) in [6.45, 7) is 10.5. The second-order valence-electron chi connectivity index (χ2n) is 8.75. The molecule has 3 rings (SSSR count). The molecule has 0 bridgehead atoms. The van der Waals surface area contributed by atoms with Crippen LogP contribution < -0.4 is 15.5 Å². The van der Waals surface area contributed by atoms with E-state index in [9.17, 15) is 4.79 Å². The van der Waals surface area contributed by atoms with E-state index in [1.807, 2.05) is 44.2 Å². The van der Waals surface area contributed by atoms with Gasteiger partial charge in [-0.2, -0.15) is 5.26 Å². The minimum atomic E-state index is -0.486. The summed E-state index contributed by atoms with van der Waals surface area (Å²) in [6, 6.07) is 15.9. The Morgan fingerprint density at radius 1 is 1.14 bits per heavy atom. The number of rotatable bonds is 10. The van der Waals surface area contributed by atoms with Gasteiger partial charge in [-0.3, -0.25) is 4.79 Å². The molecule has 1 aromatic heterocycles. The third kappa shape index (κ3) is 6.55. The number of amides is 1. The van der Waals surface area contributed by atoms with Crippen molar-refractivity contribution in [2.75, 3.05) is 17.3 Å². The molecular weight excluding hydrogens is 460 g/mol. The van der Waals surface area contributed by atoms with E-state index in [1.165, 1.54) is 16.4 Å². The second-order valence-corrected chi connectivity index (χ2v) is 10.1. The number of hydrogen-bond donors (Lipinski definition) is 1. The summed E-state index contributed by atoms with van der Waals surface area (Å²) in [7, 11) is 0. The van der Waals surface area contributed by atoms with Gasteiger partial charge in [0, 0.05) is 12.2 Å². The number of aryl methyl sites for hydroxylation is 2. The van der Waals surface area contributed by atoms with Gasteiger partial charge in [0.05, 0.1) is 17.7 Å². The van der Waals surface area contributed by atoms with E-state index in [0.29, 0.717) is 23.4 Å². The lowest BCUT2D eigenvalue weighted by atomic mass is 10.0. The molecule has 1 amide bonds. The van der Waals surface area contributed by atoms with Crippen molar-refractivity contribution in [1.82, 2.24) is 14.9 Å². The van der Waals surface area contributed by atoms with Gasteiger partial charge in [0.1, 0.15) is 12.4 Å². The fourth-order valence-electron chi connectivity index (χ4n) is 3.55. The number of nitrogen functional groups attached to an aromatic ring is 1. The molecule has 1 atom stereocenters. The number of aromatic nitrogens is 3. The van der Waals surface area contributed by atoms with Crippen molar-refractivity contribution in [2.24, 2.45) is 0 Å². The quantitative estimate of drug-likeness (QED) is 0.321. The third-order valence-electron chi connectivity index (χ3n) is 5.57. The van der Waals surface area contributed by atoms with E-state index < -0.39 is 5.25 Å². The lowest BCUT2D eigenvalue weighted by molar-refractivity contribution is -0.117. The first-order valence-corrected chi connectivity index (χ1v) is 12.4. The summed E-state index contributed by atoms with van der Waals surface area (Å²) in [4.78, 5) is 14.9. The first-order chi connectivity index (χ1) is 16.7. The highest BCUT2D eigenvalue weighted by Gasteiger charge is 2.25. The zero-order valence-corrected chi connectivity index (χ0v) is 21.7. The van der Waals surface area contributed by atoms with Crippen molar-refractivity contribution < 1.29 is 9.53 Å². The SMILES string of the molecule is Cc1ccc(N(CCC#N)C(=O)C(C)Sc2nnc(COc3cc(C)ccc3C(C)C)n2N)cc1. The van der Waals surface area contributed by atoms with Gasteiger partial charge in [-0.25, -0.2) is 4.68 Å². The largest absolute Gasteiger partial charge is 0.485 e. The Kier molecular flexibility index (Phi) is 8.77. The van der Waals surface area contributed by atoms with E-state index >= 15 is 0 Å². The molecule has 0 radical (unpaired) electrons. The second kappa shape index (κ2) is 11.8. The van der Waals surface area contributed by atoms with Crippen LogP contribution in [0, 0.1) is 25.2 Å². The molecule has 0 saturated carbocycles. The summed E-state index contributed by atoms with van der Waals surface area (Å²) in [5.74, 6) is 7.70. The van der Waals surface area contributed by atoms with Gasteiger partial charge in [-0.1, -0.05) is 55.4 Å².